The van der Waals surface area contributed by atoms with Crippen LogP contribution in [0.2, 0.25) is 0 Å². The van der Waals surface area contributed by atoms with Crippen molar-refractivity contribution in [2.45, 2.75) is 25.9 Å². The minimum atomic E-state index is 0.773. The highest BCUT2D eigenvalue weighted by Gasteiger charge is 2.23. The van der Waals surface area contributed by atoms with E-state index in [9.17, 15) is 0 Å². The fourth-order valence-corrected chi connectivity index (χ4v) is 2.49. The van der Waals surface area contributed by atoms with Gasteiger partial charge in [0.2, 0.25) is 0 Å². The van der Waals surface area contributed by atoms with Crippen molar-refractivity contribution in [1.82, 2.24) is 10.2 Å². The fraction of sp³-hybridized carbons (Fsp3) is 0.636. The summed E-state index contributed by atoms with van der Waals surface area (Å²) in [6.07, 6.45) is 1.25. The van der Waals surface area contributed by atoms with Gasteiger partial charge in [-0.25, -0.2) is 0 Å². The predicted octanol–water partition coefficient (Wildman–Crippen LogP) is 1.93. The molecule has 1 N–H and O–H groups in total. The zero-order valence-electron chi connectivity index (χ0n) is 8.70. The number of nitrogens with zero attached hydrogens (tertiary/aromatic N) is 1. The normalized spacial score (nSPS) is 17.3. The third-order valence-corrected chi connectivity index (χ3v) is 3.48. The Morgan fingerprint density at radius 2 is 2.43 bits per heavy atom. The lowest BCUT2D eigenvalue weighted by Gasteiger charge is -2.38. The van der Waals surface area contributed by atoms with Crippen molar-refractivity contribution >= 4 is 11.3 Å². The average molecular weight is 210 g/mol. The topological polar surface area (TPSA) is 15.3 Å². The summed E-state index contributed by atoms with van der Waals surface area (Å²) in [5.41, 5.74) is 1.47. The van der Waals surface area contributed by atoms with Crippen LogP contribution >= 0.6 is 11.3 Å². The molecule has 1 fully saturated rings. The minimum Gasteiger partial charge on any atom is -0.314 e. The van der Waals surface area contributed by atoms with Gasteiger partial charge >= 0.3 is 0 Å². The first-order valence-electron chi connectivity index (χ1n) is 5.36. The molecule has 1 aromatic rings. The van der Waals surface area contributed by atoms with Gasteiger partial charge in [-0.15, -0.1) is 0 Å². The summed E-state index contributed by atoms with van der Waals surface area (Å²) in [6, 6.07) is 3.01. The Kier molecular flexibility index (Phi) is 3.56. The van der Waals surface area contributed by atoms with E-state index in [1.807, 2.05) is 0 Å². The van der Waals surface area contributed by atoms with Gasteiger partial charge in [0.25, 0.3) is 0 Å². The van der Waals surface area contributed by atoms with Crippen LogP contribution in [0.25, 0.3) is 0 Å². The summed E-state index contributed by atoms with van der Waals surface area (Å²) < 4.78 is 0. The molecular weight excluding hydrogens is 192 g/mol. The van der Waals surface area contributed by atoms with Crippen molar-refractivity contribution in [3.8, 4) is 0 Å². The highest BCUT2D eigenvalue weighted by atomic mass is 32.1. The van der Waals surface area contributed by atoms with E-state index in [-0.39, 0.29) is 0 Å². The molecular formula is C11H18N2S. The summed E-state index contributed by atoms with van der Waals surface area (Å²) in [7, 11) is 0. The molecule has 0 radical (unpaired) electrons. The molecule has 2 heterocycles. The Morgan fingerprint density at radius 3 is 2.93 bits per heavy atom. The fourth-order valence-electron chi connectivity index (χ4n) is 1.83. The Hall–Kier alpha value is -0.380. The van der Waals surface area contributed by atoms with Crippen LogP contribution in [0.3, 0.4) is 0 Å². The van der Waals surface area contributed by atoms with Gasteiger partial charge < -0.3 is 5.32 Å². The molecule has 78 valence electrons. The number of nitrogens with one attached hydrogen (secondary N) is 1. The van der Waals surface area contributed by atoms with Crippen LogP contribution < -0.4 is 5.32 Å². The highest BCUT2D eigenvalue weighted by molar-refractivity contribution is 7.07. The van der Waals surface area contributed by atoms with Gasteiger partial charge in [0, 0.05) is 25.7 Å². The molecule has 0 atom stereocenters. The van der Waals surface area contributed by atoms with Crippen molar-refractivity contribution in [2.24, 2.45) is 0 Å². The molecule has 1 saturated heterocycles. The largest absolute Gasteiger partial charge is 0.314 e. The Bertz CT molecular complexity index is 254. The first kappa shape index (κ1) is 10.1. The first-order chi connectivity index (χ1) is 6.90. The molecule has 0 unspecified atom stereocenters. The van der Waals surface area contributed by atoms with E-state index in [1.54, 1.807) is 11.3 Å². The maximum atomic E-state index is 3.34. The Balaban J connectivity index is 1.89. The van der Waals surface area contributed by atoms with Crippen LogP contribution in [0.15, 0.2) is 16.8 Å². The molecule has 0 bridgehead atoms. The van der Waals surface area contributed by atoms with Gasteiger partial charge in [0.15, 0.2) is 0 Å². The van der Waals surface area contributed by atoms with Gasteiger partial charge in [-0.1, -0.05) is 6.92 Å². The summed E-state index contributed by atoms with van der Waals surface area (Å²) in [5, 5.41) is 7.76. The molecule has 3 heteroatoms. The third kappa shape index (κ3) is 2.35. The van der Waals surface area contributed by atoms with Crippen LogP contribution in [-0.2, 0) is 6.54 Å². The molecule has 2 rings (SSSR count). The van der Waals surface area contributed by atoms with Gasteiger partial charge in [-0.2, -0.15) is 11.3 Å². The SMILES string of the molecule is CCCN(Cc1ccsc1)C1CNC1. The molecule has 0 aromatic carbocycles. The van der Waals surface area contributed by atoms with E-state index < -0.39 is 0 Å². The second-order valence-electron chi connectivity index (χ2n) is 3.91. The molecule has 0 saturated carbocycles. The number of hydrogen-bond acceptors (Lipinski definition) is 3. The lowest BCUT2D eigenvalue weighted by Crippen LogP contribution is -2.56. The molecule has 2 nitrogen and oxygen atoms in total. The molecule has 0 aliphatic carbocycles. The number of rotatable bonds is 5. The maximum absolute atomic E-state index is 3.34. The van der Waals surface area contributed by atoms with E-state index in [0.29, 0.717) is 0 Å². The van der Waals surface area contributed by atoms with Crippen molar-refractivity contribution in [1.29, 1.82) is 0 Å². The average Bonchev–Trinajstić information content (AvgIpc) is 2.54. The van der Waals surface area contributed by atoms with Crippen LogP contribution in [0, 0.1) is 0 Å². The van der Waals surface area contributed by atoms with Crippen molar-refractivity contribution in [3.63, 3.8) is 0 Å². The van der Waals surface area contributed by atoms with E-state index >= 15 is 0 Å². The summed E-state index contributed by atoms with van der Waals surface area (Å²) in [6.45, 7) is 6.95. The molecule has 1 aliphatic rings. The van der Waals surface area contributed by atoms with Crippen LogP contribution in [0.4, 0.5) is 0 Å². The zero-order chi connectivity index (χ0) is 9.80. The second-order valence-corrected chi connectivity index (χ2v) is 4.69. The van der Waals surface area contributed by atoms with Gasteiger partial charge in [-0.05, 0) is 35.4 Å². The van der Waals surface area contributed by atoms with E-state index in [2.05, 4.69) is 34.0 Å². The minimum absolute atomic E-state index is 0.773. The number of thiophene rings is 1. The summed E-state index contributed by atoms with van der Waals surface area (Å²) in [5.74, 6) is 0. The number of hydrogen-bond donors (Lipinski definition) is 1. The smallest absolute Gasteiger partial charge is 0.0348 e. The summed E-state index contributed by atoms with van der Waals surface area (Å²) in [4.78, 5) is 2.60. The van der Waals surface area contributed by atoms with Gasteiger partial charge in [-0.3, -0.25) is 4.90 Å². The first-order valence-corrected chi connectivity index (χ1v) is 6.30. The Morgan fingerprint density at radius 1 is 1.57 bits per heavy atom. The molecule has 0 amide bonds. The molecule has 0 spiro atoms. The van der Waals surface area contributed by atoms with E-state index in [0.717, 1.165) is 12.6 Å². The van der Waals surface area contributed by atoms with Gasteiger partial charge in [0.1, 0.15) is 0 Å². The van der Waals surface area contributed by atoms with E-state index in [1.165, 1.54) is 31.6 Å². The third-order valence-electron chi connectivity index (χ3n) is 2.75. The lowest BCUT2D eigenvalue weighted by atomic mass is 10.1. The van der Waals surface area contributed by atoms with Crippen molar-refractivity contribution < 1.29 is 0 Å². The van der Waals surface area contributed by atoms with Crippen LogP contribution in [-0.4, -0.2) is 30.6 Å². The van der Waals surface area contributed by atoms with Crippen LogP contribution in [0.5, 0.6) is 0 Å². The Labute approximate surface area is 89.9 Å². The summed E-state index contributed by atoms with van der Waals surface area (Å²) >= 11 is 1.79. The van der Waals surface area contributed by atoms with Crippen LogP contribution in [0.1, 0.15) is 18.9 Å². The molecule has 14 heavy (non-hydrogen) atoms. The molecule has 1 aromatic heterocycles. The van der Waals surface area contributed by atoms with Gasteiger partial charge in [0.05, 0.1) is 0 Å². The standard InChI is InChI=1S/C11H18N2S/c1-2-4-13(11-6-12-7-11)8-10-3-5-14-9-10/h3,5,9,11-12H,2,4,6-8H2,1H3. The maximum Gasteiger partial charge on any atom is 0.0348 e. The highest BCUT2D eigenvalue weighted by Crippen LogP contribution is 2.14. The predicted molar refractivity (Wildman–Crippen MR) is 61.7 cm³/mol. The monoisotopic (exact) mass is 210 g/mol. The quantitative estimate of drug-likeness (QED) is 0.799. The van der Waals surface area contributed by atoms with E-state index in [4.69, 9.17) is 0 Å². The molecule has 1 aliphatic heterocycles. The van der Waals surface area contributed by atoms with Crippen molar-refractivity contribution in [3.05, 3.63) is 22.4 Å². The zero-order valence-corrected chi connectivity index (χ0v) is 9.52. The second kappa shape index (κ2) is 4.91. The van der Waals surface area contributed by atoms with Crippen molar-refractivity contribution in [2.75, 3.05) is 19.6 Å². The lowest BCUT2D eigenvalue weighted by molar-refractivity contribution is 0.138.